The van der Waals surface area contributed by atoms with Crippen LogP contribution < -0.4 is 5.73 Å². The molecule has 0 fully saturated rings. The molecule has 0 aliphatic rings. The van der Waals surface area contributed by atoms with Crippen LogP contribution in [-0.4, -0.2) is 20.1 Å². The summed E-state index contributed by atoms with van der Waals surface area (Å²) in [5.74, 6) is 0.135. The van der Waals surface area contributed by atoms with Gasteiger partial charge in [-0.1, -0.05) is 39.0 Å². The van der Waals surface area contributed by atoms with Gasteiger partial charge in [-0.3, -0.25) is 0 Å². The number of aromatic hydroxyl groups is 1. The van der Waals surface area contributed by atoms with E-state index in [1.165, 1.54) is 4.80 Å². The first-order valence-corrected chi connectivity index (χ1v) is 7.29. The lowest BCUT2D eigenvalue weighted by atomic mass is 9.85. The van der Waals surface area contributed by atoms with Crippen molar-refractivity contribution in [3.05, 3.63) is 47.5 Å². The molecule has 1 heterocycles. The Kier molecular flexibility index (Phi) is 3.37. The van der Waals surface area contributed by atoms with Crippen molar-refractivity contribution in [3.63, 3.8) is 0 Å². The average molecular weight is 296 g/mol. The number of hydrogen-bond donors (Lipinski definition) is 2. The van der Waals surface area contributed by atoms with Crippen molar-refractivity contribution < 1.29 is 5.11 Å². The van der Waals surface area contributed by atoms with E-state index >= 15 is 0 Å². The topological polar surface area (TPSA) is 77.0 Å². The van der Waals surface area contributed by atoms with Crippen LogP contribution in [-0.2, 0) is 12.0 Å². The molecule has 0 radical (unpaired) electrons. The van der Waals surface area contributed by atoms with Gasteiger partial charge in [-0.05, 0) is 29.2 Å². The third-order valence-corrected chi connectivity index (χ3v) is 3.76. The van der Waals surface area contributed by atoms with Crippen LogP contribution in [0.5, 0.6) is 5.75 Å². The first kappa shape index (κ1) is 14.5. The molecule has 5 nitrogen and oxygen atoms in total. The zero-order valence-electron chi connectivity index (χ0n) is 13.0. The summed E-state index contributed by atoms with van der Waals surface area (Å²) < 4.78 is 0. The third-order valence-electron chi connectivity index (χ3n) is 3.76. The maximum Gasteiger partial charge on any atom is 0.147 e. The zero-order valence-corrected chi connectivity index (χ0v) is 13.0. The summed E-state index contributed by atoms with van der Waals surface area (Å²) in [7, 11) is 0. The Morgan fingerprint density at radius 2 is 1.68 bits per heavy atom. The Balaban J connectivity index is 2.24. The molecule has 3 rings (SSSR count). The van der Waals surface area contributed by atoms with Gasteiger partial charge in [0.25, 0.3) is 0 Å². The van der Waals surface area contributed by atoms with E-state index in [0.29, 0.717) is 11.3 Å². The predicted octanol–water partition coefficient (Wildman–Crippen LogP) is 2.88. The van der Waals surface area contributed by atoms with Crippen LogP contribution in [0.15, 0.2) is 36.4 Å². The highest BCUT2D eigenvalue weighted by Crippen LogP contribution is 2.33. The minimum absolute atomic E-state index is 0.0566. The molecule has 22 heavy (non-hydrogen) atoms. The van der Waals surface area contributed by atoms with E-state index in [1.54, 1.807) is 0 Å². The summed E-state index contributed by atoms with van der Waals surface area (Å²) in [5.41, 5.74) is 9.64. The normalized spacial score (nSPS) is 12.0. The fourth-order valence-electron chi connectivity index (χ4n) is 2.39. The molecule has 1 aromatic heterocycles. The van der Waals surface area contributed by atoms with Crippen LogP contribution in [0.25, 0.3) is 16.7 Å². The number of benzene rings is 2. The molecule has 0 saturated heterocycles. The zero-order chi connectivity index (χ0) is 15.9. The maximum absolute atomic E-state index is 10.5. The lowest BCUT2D eigenvalue weighted by Gasteiger charge is -2.21. The maximum atomic E-state index is 10.5. The van der Waals surface area contributed by atoms with Gasteiger partial charge in [0.1, 0.15) is 22.5 Å². The SMILES string of the molecule is CC(C)(C)c1cc(CN)c(O)c(-n2nc3ccccc3n2)c1. The van der Waals surface area contributed by atoms with E-state index in [4.69, 9.17) is 5.73 Å². The molecule has 0 amide bonds. The van der Waals surface area contributed by atoms with Gasteiger partial charge in [0.2, 0.25) is 0 Å². The van der Waals surface area contributed by atoms with Crippen LogP contribution in [0.2, 0.25) is 0 Å². The molecule has 0 aliphatic carbocycles. The largest absolute Gasteiger partial charge is 0.505 e. The highest BCUT2D eigenvalue weighted by atomic mass is 16.3. The highest BCUT2D eigenvalue weighted by molar-refractivity contribution is 5.73. The van der Waals surface area contributed by atoms with Crippen molar-refractivity contribution in [2.24, 2.45) is 5.73 Å². The summed E-state index contributed by atoms with van der Waals surface area (Å²) in [6.07, 6.45) is 0. The van der Waals surface area contributed by atoms with Crippen molar-refractivity contribution in [1.29, 1.82) is 0 Å². The second-order valence-corrected chi connectivity index (χ2v) is 6.44. The van der Waals surface area contributed by atoms with Crippen molar-refractivity contribution in [3.8, 4) is 11.4 Å². The summed E-state index contributed by atoms with van der Waals surface area (Å²) in [6.45, 7) is 6.63. The summed E-state index contributed by atoms with van der Waals surface area (Å²) in [4.78, 5) is 1.48. The number of aromatic nitrogens is 3. The van der Waals surface area contributed by atoms with Crippen LogP contribution in [0.1, 0.15) is 31.9 Å². The number of hydrogen-bond acceptors (Lipinski definition) is 4. The number of nitrogens with two attached hydrogens (primary N) is 1. The van der Waals surface area contributed by atoms with Gasteiger partial charge in [-0.2, -0.15) is 0 Å². The second-order valence-electron chi connectivity index (χ2n) is 6.44. The quantitative estimate of drug-likeness (QED) is 0.762. The lowest BCUT2D eigenvalue weighted by molar-refractivity contribution is 0.459. The minimum atomic E-state index is -0.0566. The standard InChI is InChI=1S/C17H20N4O/c1-17(2,3)12-8-11(10-18)16(22)15(9-12)21-19-13-6-4-5-7-14(13)20-21/h4-9,22H,10,18H2,1-3H3. The predicted molar refractivity (Wildman–Crippen MR) is 87.1 cm³/mol. The summed E-state index contributed by atoms with van der Waals surface area (Å²) in [6, 6.07) is 11.5. The molecule has 0 spiro atoms. The van der Waals surface area contributed by atoms with E-state index in [0.717, 1.165) is 16.6 Å². The van der Waals surface area contributed by atoms with Crippen LogP contribution >= 0.6 is 0 Å². The third kappa shape index (κ3) is 2.44. The smallest absolute Gasteiger partial charge is 0.147 e. The fourth-order valence-corrected chi connectivity index (χ4v) is 2.39. The molecule has 5 heteroatoms. The Morgan fingerprint density at radius 1 is 1.09 bits per heavy atom. The van der Waals surface area contributed by atoms with E-state index in [-0.39, 0.29) is 17.7 Å². The van der Waals surface area contributed by atoms with Crippen molar-refractivity contribution in [2.45, 2.75) is 32.7 Å². The molecule has 0 saturated carbocycles. The highest BCUT2D eigenvalue weighted by Gasteiger charge is 2.20. The molecule has 0 bridgehead atoms. The number of nitrogens with zero attached hydrogens (tertiary/aromatic N) is 3. The molecule has 0 unspecified atom stereocenters. The monoisotopic (exact) mass is 296 g/mol. The van der Waals surface area contributed by atoms with E-state index in [1.807, 2.05) is 36.4 Å². The van der Waals surface area contributed by atoms with Crippen molar-refractivity contribution >= 4 is 11.0 Å². The van der Waals surface area contributed by atoms with Crippen LogP contribution in [0.3, 0.4) is 0 Å². The number of phenolic OH excluding ortho intramolecular Hbond substituents is 1. The lowest BCUT2D eigenvalue weighted by Crippen LogP contribution is -2.14. The molecular weight excluding hydrogens is 276 g/mol. The van der Waals surface area contributed by atoms with Gasteiger partial charge in [0.15, 0.2) is 0 Å². The van der Waals surface area contributed by atoms with E-state index in [2.05, 4.69) is 31.0 Å². The van der Waals surface area contributed by atoms with Gasteiger partial charge in [-0.25, -0.2) is 0 Å². The molecule has 0 aliphatic heterocycles. The minimum Gasteiger partial charge on any atom is -0.505 e. The van der Waals surface area contributed by atoms with Gasteiger partial charge in [0, 0.05) is 12.1 Å². The summed E-state index contributed by atoms with van der Waals surface area (Å²) >= 11 is 0. The Labute approximate surface area is 129 Å². The van der Waals surface area contributed by atoms with Crippen LogP contribution in [0.4, 0.5) is 0 Å². The Hall–Kier alpha value is -2.40. The van der Waals surface area contributed by atoms with Gasteiger partial charge >= 0.3 is 0 Å². The summed E-state index contributed by atoms with van der Waals surface area (Å²) in [5, 5.41) is 19.4. The number of fused-ring (bicyclic) bond motifs is 1. The van der Waals surface area contributed by atoms with Gasteiger partial charge in [-0.15, -0.1) is 15.0 Å². The average Bonchev–Trinajstić information content (AvgIpc) is 2.89. The number of rotatable bonds is 2. The van der Waals surface area contributed by atoms with Gasteiger partial charge < -0.3 is 10.8 Å². The fraction of sp³-hybridized carbons (Fsp3) is 0.294. The number of phenols is 1. The van der Waals surface area contributed by atoms with Crippen LogP contribution in [0, 0.1) is 0 Å². The first-order valence-electron chi connectivity index (χ1n) is 7.29. The molecule has 0 atom stereocenters. The molecule has 3 N–H and O–H groups in total. The molecule has 2 aromatic carbocycles. The van der Waals surface area contributed by atoms with Crippen molar-refractivity contribution in [1.82, 2.24) is 15.0 Å². The van der Waals surface area contributed by atoms with E-state index in [9.17, 15) is 5.11 Å². The molecule has 3 aromatic rings. The molecule has 114 valence electrons. The Bertz CT molecular complexity index is 797. The van der Waals surface area contributed by atoms with Crippen molar-refractivity contribution in [2.75, 3.05) is 0 Å². The molecular formula is C17H20N4O. The van der Waals surface area contributed by atoms with Gasteiger partial charge in [0.05, 0.1) is 0 Å². The first-order chi connectivity index (χ1) is 10.4. The second kappa shape index (κ2) is 5.10. The van der Waals surface area contributed by atoms with E-state index < -0.39 is 0 Å². The Morgan fingerprint density at radius 3 is 2.18 bits per heavy atom.